The number of Topliss-reactive ketones (excluding diaryl/α,β-unsaturated/α-hetero) is 1. The molecule has 1 saturated heterocycles. The number of amides is 2. The Kier molecular flexibility index (Phi) is 7.66. The first-order valence-corrected chi connectivity index (χ1v) is 12.5. The van der Waals surface area contributed by atoms with Crippen LogP contribution < -0.4 is 10.1 Å². The standard InChI is InChI=1S/C28H28N2O4S/c1-3-19-11-14-24(29-17-19)22(15-25(31)21-7-5-4-6-8-21)18-34-23-12-9-20(10-13-23)16-28(2)26(32)30-27(33)35-28/h4-14,17,22H,3,15-16,18H2,1-2H3,(H,30,32,33). The second-order valence-electron chi connectivity index (χ2n) is 8.84. The van der Waals surface area contributed by atoms with E-state index in [-0.39, 0.29) is 22.8 Å². The summed E-state index contributed by atoms with van der Waals surface area (Å²) in [6, 6.07) is 20.8. The highest BCUT2D eigenvalue weighted by molar-refractivity contribution is 8.16. The van der Waals surface area contributed by atoms with Crippen molar-refractivity contribution in [3.05, 3.63) is 95.3 Å². The van der Waals surface area contributed by atoms with E-state index in [1.165, 1.54) is 0 Å². The highest BCUT2D eigenvalue weighted by atomic mass is 32.2. The smallest absolute Gasteiger partial charge is 0.286 e. The first-order chi connectivity index (χ1) is 16.9. The average Bonchev–Trinajstić information content (AvgIpc) is 3.13. The Bertz CT molecular complexity index is 1200. The van der Waals surface area contributed by atoms with Gasteiger partial charge in [0, 0.05) is 29.8 Å². The summed E-state index contributed by atoms with van der Waals surface area (Å²) in [5.41, 5.74) is 3.57. The van der Waals surface area contributed by atoms with Gasteiger partial charge in [0.25, 0.3) is 5.24 Å². The van der Waals surface area contributed by atoms with Gasteiger partial charge in [-0.2, -0.15) is 0 Å². The van der Waals surface area contributed by atoms with Crippen LogP contribution in [0, 0.1) is 0 Å². The summed E-state index contributed by atoms with van der Waals surface area (Å²) < 4.78 is 5.27. The number of rotatable bonds is 10. The summed E-state index contributed by atoms with van der Waals surface area (Å²) in [7, 11) is 0. The van der Waals surface area contributed by atoms with E-state index >= 15 is 0 Å². The summed E-state index contributed by atoms with van der Waals surface area (Å²) in [5, 5.41) is 2.04. The zero-order chi connectivity index (χ0) is 24.8. The quantitative estimate of drug-likeness (QED) is 0.387. The number of thioether (sulfide) groups is 1. The van der Waals surface area contributed by atoms with E-state index in [0.29, 0.717) is 30.8 Å². The Morgan fingerprint density at radius 1 is 1.03 bits per heavy atom. The fourth-order valence-corrected chi connectivity index (χ4v) is 4.94. The summed E-state index contributed by atoms with van der Waals surface area (Å²) in [6.07, 6.45) is 3.49. The number of nitrogens with zero attached hydrogens (tertiary/aromatic N) is 1. The topological polar surface area (TPSA) is 85.4 Å². The second kappa shape index (κ2) is 10.9. The van der Waals surface area contributed by atoms with Gasteiger partial charge in [0.05, 0.1) is 6.61 Å². The molecule has 2 atom stereocenters. The van der Waals surface area contributed by atoms with Crippen LogP contribution in [0.2, 0.25) is 0 Å². The lowest BCUT2D eigenvalue weighted by atomic mass is 9.95. The molecule has 0 spiro atoms. The Morgan fingerprint density at radius 3 is 2.34 bits per heavy atom. The Hall–Kier alpha value is -3.45. The van der Waals surface area contributed by atoms with Gasteiger partial charge < -0.3 is 4.74 Å². The van der Waals surface area contributed by atoms with Crippen LogP contribution in [0.4, 0.5) is 4.79 Å². The molecule has 180 valence electrons. The molecule has 6 nitrogen and oxygen atoms in total. The van der Waals surface area contributed by atoms with Gasteiger partial charge in [0.2, 0.25) is 5.91 Å². The third-order valence-electron chi connectivity index (χ3n) is 6.13. The molecule has 35 heavy (non-hydrogen) atoms. The molecule has 7 heteroatoms. The zero-order valence-corrected chi connectivity index (χ0v) is 20.6. The van der Waals surface area contributed by atoms with E-state index in [9.17, 15) is 14.4 Å². The molecule has 4 rings (SSSR count). The van der Waals surface area contributed by atoms with Crippen molar-refractivity contribution >= 4 is 28.7 Å². The number of imide groups is 1. The van der Waals surface area contributed by atoms with E-state index in [1.54, 1.807) is 6.92 Å². The Morgan fingerprint density at radius 2 is 1.74 bits per heavy atom. The average molecular weight is 489 g/mol. The van der Waals surface area contributed by atoms with Crippen LogP contribution in [0.5, 0.6) is 5.75 Å². The molecule has 0 bridgehead atoms. The molecule has 3 aromatic rings. The molecule has 1 aromatic heterocycles. The lowest BCUT2D eigenvalue weighted by Crippen LogP contribution is -2.35. The fraction of sp³-hybridized carbons (Fsp3) is 0.286. The zero-order valence-electron chi connectivity index (χ0n) is 19.8. The highest BCUT2D eigenvalue weighted by Crippen LogP contribution is 2.35. The van der Waals surface area contributed by atoms with E-state index < -0.39 is 4.75 Å². The first-order valence-electron chi connectivity index (χ1n) is 11.7. The predicted octanol–water partition coefficient (Wildman–Crippen LogP) is 5.36. The van der Waals surface area contributed by atoms with Crippen LogP contribution >= 0.6 is 11.8 Å². The van der Waals surface area contributed by atoms with Gasteiger partial charge in [-0.25, -0.2) is 0 Å². The van der Waals surface area contributed by atoms with E-state index in [2.05, 4.69) is 17.2 Å². The number of ketones is 1. The maximum absolute atomic E-state index is 12.9. The molecule has 1 fully saturated rings. The number of carbonyl (C=O) groups excluding carboxylic acids is 3. The number of pyridine rings is 1. The number of benzene rings is 2. The SMILES string of the molecule is CCc1ccc(C(COc2ccc(CC3(C)SC(=O)NC3=O)cc2)CC(=O)c2ccccc2)nc1. The predicted molar refractivity (Wildman–Crippen MR) is 137 cm³/mol. The lowest BCUT2D eigenvalue weighted by molar-refractivity contribution is -0.121. The van der Waals surface area contributed by atoms with Crippen LogP contribution in [0.3, 0.4) is 0 Å². The van der Waals surface area contributed by atoms with Crippen LogP contribution in [-0.4, -0.2) is 33.3 Å². The van der Waals surface area contributed by atoms with Crippen molar-refractivity contribution in [2.45, 2.75) is 43.8 Å². The molecular formula is C28H28N2O4S. The molecule has 0 aliphatic carbocycles. The second-order valence-corrected chi connectivity index (χ2v) is 10.3. The minimum absolute atomic E-state index is 0.0473. The van der Waals surface area contributed by atoms with Gasteiger partial charge in [-0.1, -0.05) is 55.5 Å². The maximum Gasteiger partial charge on any atom is 0.286 e. The van der Waals surface area contributed by atoms with Gasteiger partial charge >= 0.3 is 0 Å². The third-order valence-corrected chi connectivity index (χ3v) is 7.20. The summed E-state index contributed by atoms with van der Waals surface area (Å²) in [5.74, 6) is 0.254. The minimum Gasteiger partial charge on any atom is -0.493 e. The van der Waals surface area contributed by atoms with Crippen LogP contribution in [0.15, 0.2) is 72.9 Å². The normalized spacial score (nSPS) is 18.2. The van der Waals surface area contributed by atoms with Gasteiger partial charge in [-0.3, -0.25) is 24.7 Å². The van der Waals surface area contributed by atoms with Gasteiger partial charge in [-0.15, -0.1) is 0 Å². The van der Waals surface area contributed by atoms with Crippen LogP contribution in [-0.2, 0) is 17.6 Å². The molecule has 2 heterocycles. The Labute approximate surface area is 209 Å². The highest BCUT2D eigenvalue weighted by Gasteiger charge is 2.43. The number of hydrogen-bond donors (Lipinski definition) is 1. The number of aryl methyl sites for hydroxylation is 1. The third kappa shape index (κ3) is 6.17. The number of nitrogens with one attached hydrogen (secondary N) is 1. The van der Waals surface area contributed by atoms with Crippen molar-refractivity contribution in [2.24, 2.45) is 0 Å². The molecule has 1 N–H and O–H groups in total. The summed E-state index contributed by atoms with van der Waals surface area (Å²) in [4.78, 5) is 41.2. The monoisotopic (exact) mass is 488 g/mol. The van der Waals surface area contributed by atoms with Crippen molar-refractivity contribution in [3.63, 3.8) is 0 Å². The first kappa shape index (κ1) is 24.7. The molecule has 2 amide bonds. The number of hydrogen-bond acceptors (Lipinski definition) is 6. The fourth-order valence-electron chi connectivity index (χ4n) is 4.01. The van der Waals surface area contributed by atoms with E-state index in [1.807, 2.05) is 72.9 Å². The molecule has 1 aliphatic heterocycles. The van der Waals surface area contributed by atoms with Crippen molar-refractivity contribution in [3.8, 4) is 5.75 Å². The molecule has 0 saturated carbocycles. The lowest BCUT2D eigenvalue weighted by Gasteiger charge is -2.19. The largest absolute Gasteiger partial charge is 0.493 e. The van der Waals surface area contributed by atoms with Crippen molar-refractivity contribution in [2.75, 3.05) is 6.61 Å². The molecule has 2 aromatic carbocycles. The molecular weight excluding hydrogens is 460 g/mol. The Balaban J connectivity index is 1.44. The molecule has 1 aliphatic rings. The minimum atomic E-state index is -0.807. The van der Waals surface area contributed by atoms with E-state index in [0.717, 1.165) is 35.0 Å². The molecule has 2 unspecified atom stereocenters. The van der Waals surface area contributed by atoms with Crippen molar-refractivity contribution < 1.29 is 19.1 Å². The van der Waals surface area contributed by atoms with Gasteiger partial charge in [-0.05, 0) is 60.9 Å². The van der Waals surface area contributed by atoms with Gasteiger partial charge in [0.1, 0.15) is 10.5 Å². The number of carbonyl (C=O) groups is 3. The van der Waals surface area contributed by atoms with Crippen molar-refractivity contribution in [1.29, 1.82) is 0 Å². The van der Waals surface area contributed by atoms with E-state index in [4.69, 9.17) is 4.74 Å². The van der Waals surface area contributed by atoms with Crippen LogP contribution in [0.1, 0.15) is 53.4 Å². The van der Waals surface area contributed by atoms with Gasteiger partial charge in [0.15, 0.2) is 5.78 Å². The summed E-state index contributed by atoms with van der Waals surface area (Å²) >= 11 is 1.02. The van der Waals surface area contributed by atoms with Crippen molar-refractivity contribution in [1.82, 2.24) is 10.3 Å². The van der Waals surface area contributed by atoms with Crippen LogP contribution in [0.25, 0.3) is 0 Å². The number of aromatic nitrogens is 1. The summed E-state index contributed by atoms with van der Waals surface area (Å²) in [6.45, 7) is 4.16. The maximum atomic E-state index is 12.9. The molecule has 0 radical (unpaired) electrons. The number of ether oxygens (including phenoxy) is 1.